The number of rotatable bonds is 3. The fraction of sp³-hybridized carbons (Fsp3) is 0.200. The van der Waals surface area contributed by atoms with Crippen molar-refractivity contribution >= 4 is 26.5 Å². The smallest absolute Gasteiger partial charge is 0.262 e. The van der Waals surface area contributed by atoms with Crippen LogP contribution in [0.2, 0.25) is 0 Å². The zero-order valence-electron chi connectivity index (χ0n) is 14.5. The Hall–Kier alpha value is -2.93. The summed E-state index contributed by atoms with van der Waals surface area (Å²) in [6.45, 7) is 0. The fourth-order valence-electron chi connectivity index (χ4n) is 3.42. The Morgan fingerprint density at radius 1 is 1.00 bits per heavy atom. The zero-order chi connectivity index (χ0) is 19.0. The third-order valence-electron chi connectivity index (χ3n) is 4.77. The van der Waals surface area contributed by atoms with E-state index < -0.39 is 15.9 Å². The van der Waals surface area contributed by atoms with Crippen LogP contribution in [0.25, 0.3) is 16.5 Å². The highest BCUT2D eigenvalue weighted by atomic mass is 32.2. The number of hydrogen-bond donors (Lipinski definition) is 1. The van der Waals surface area contributed by atoms with E-state index in [0.717, 1.165) is 0 Å². The summed E-state index contributed by atoms with van der Waals surface area (Å²) in [7, 11) is -3.09. The van der Waals surface area contributed by atoms with Gasteiger partial charge >= 0.3 is 0 Å². The van der Waals surface area contributed by atoms with Gasteiger partial charge in [-0.15, -0.1) is 0 Å². The van der Waals surface area contributed by atoms with Gasteiger partial charge in [-0.25, -0.2) is 8.42 Å². The van der Waals surface area contributed by atoms with Gasteiger partial charge in [-0.05, 0) is 24.6 Å². The van der Waals surface area contributed by atoms with Crippen molar-refractivity contribution in [3.8, 4) is 5.69 Å². The molecule has 4 rings (SSSR count). The molecule has 27 heavy (non-hydrogen) atoms. The molecular weight excluding hydrogens is 364 g/mol. The minimum absolute atomic E-state index is 0.0466. The van der Waals surface area contributed by atoms with Gasteiger partial charge < -0.3 is 5.32 Å². The molecule has 0 bridgehead atoms. The number of sulfone groups is 1. The number of carbonyl (C=O) groups is 1. The van der Waals surface area contributed by atoms with Gasteiger partial charge in [0.25, 0.3) is 11.5 Å². The van der Waals surface area contributed by atoms with E-state index >= 15 is 0 Å². The Morgan fingerprint density at radius 3 is 2.33 bits per heavy atom. The van der Waals surface area contributed by atoms with E-state index in [4.69, 9.17) is 0 Å². The summed E-state index contributed by atoms with van der Waals surface area (Å²) in [6, 6.07) is 15.6. The van der Waals surface area contributed by atoms with Crippen LogP contribution in [0.4, 0.5) is 0 Å². The average molecular weight is 382 g/mol. The summed E-state index contributed by atoms with van der Waals surface area (Å²) in [4.78, 5) is 25.8. The van der Waals surface area contributed by atoms with Crippen molar-refractivity contribution in [3.63, 3.8) is 0 Å². The molecule has 6 nitrogen and oxygen atoms in total. The maximum atomic E-state index is 12.9. The molecule has 0 spiro atoms. The first-order valence-electron chi connectivity index (χ1n) is 8.66. The standard InChI is InChI=1S/C20H18N2O4S/c23-19(21-14-10-11-27(25,26)13-14)18-12-22(15-6-2-1-3-7-15)20(24)17-9-5-4-8-16(17)18/h1-9,12,14H,10-11,13H2,(H,21,23). The summed E-state index contributed by atoms with van der Waals surface area (Å²) < 4.78 is 24.8. The number of aromatic nitrogens is 1. The van der Waals surface area contributed by atoms with Gasteiger partial charge in [0.05, 0.1) is 17.1 Å². The lowest BCUT2D eigenvalue weighted by molar-refractivity contribution is 0.0942. The third-order valence-corrected chi connectivity index (χ3v) is 6.54. The Morgan fingerprint density at radius 2 is 1.67 bits per heavy atom. The molecule has 3 aromatic rings. The first-order chi connectivity index (χ1) is 12.9. The number of pyridine rings is 1. The molecule has 1 aliphatic rings. The number of fused-ring (bicyclic) bond motifs is 1. The zero-order valence-corrected chi connectivity index (χ0v) is 15.3. The summed E-state index contributed by atoms with van der Waals surface area (Å²) in [6.07, 6.45) is 1.93. The van der Waals surface area contributed by atoms with E-state index in [2.05, 4.69) is 5.32 Å². The van der Waals surface area contributed by atoms with Gasteiger partial charge in [0, 0.05) is 28.7 Å². The highest BCUT2D eigenvalue weighted by Gasteiger charge is 2.29. The summed E-state index contributed by atoms with van der Waals surface area (Å²) >= 11 is 0. The number of carbonyl (C=O) groups excluding carboxylic acids is 1. The van der Waals surface area contributed by atoms with Crippen LogP contribution < -0.4 is 10.9 Å². The Bertz CT molecular complexity index is 1180. The molecule has 1 N–H and O–H groups in total. The second-order valence-corrected chi connectivity index (χ2v) is 8.90. The highest BCUT2D eigenvalue weighted by Crippen LogP contribution is 2.19. The lowest BCUT2D eigenvalue weighted by Crippen LogP contribution is -2.36. The number of nitrogens with one attached hydrogen (secondary N) is 1. The van der Waals surface area contributed by atoms with Crippen LogP contribution in [0.15, 0.2) is 65.6 Å². The maximum absolute atomic E-state index is 12.9. The Kier molecular flexibility index (Phi) is 4.31. The summed E-state index contributed by atoms with van der Waals surface area (Å²) in [5.74, 6) is -0.338. The molecule has 2 heterocycles. The van der Waals surface area contributed by atoms with Crippen molar-refractivity contribution in [2.75, 3.05) is 11.5 Å². The molecule has 2 aromatic carbocycles. The number of nitrogens with zero attached hydrogens (tertiary/aromatic N) is 1. The molecule has 1 fully saturated rings. The van der Waals surface area contributed by atoms with E-state index in [1.165, 1.54) is 10.8 Å². The molecule has 0 radical (unpaired) electrons. The quantitative estimate of drug-likeness (QED) is 0.750. The normalized spacial score (nSPS) is 18.4. The largest absolute Gasteiger partial charge is 0.348 e. The highest BCUT2D eigenvalue weighted by molar-refractivity contribution is 7.91. The summed E-state index contributed by atoms with van der Waals surface area (Å²) in [5, 5.41) is 3.79. The SMILES string of the molecule is O=C(NC1CCS(=O)(=O)C1)c1cn(-c2ccccc2)c(=O)c2ccccc12. The van der Waals surface area contributed by atoms with Crippen LogP contribution >= 0.6 is 0 Å². The van der Waals surface area contributed by atoms with Crippen molar-refractivity contribution in [2.45, 2.75) is 12.5 Å². The van der Waals surface area contributed by atoms with Crippen LogP contribution in [0.5, 0.6) is 0 Å². The molecule has 1 aromatic heterocycles. The molecule has 1 aliphatic heterocycles. The number of benzene rings is 2. The first kappa shape index (κ1) is 17.5. The van der Waals surface area contributed by atoms with Gasteiger partial charge in [-0.3, -0.25) is 14.2 Å². The summed E-state index contributed by atoms with van der Waals surface area (Å²) in [5.41, 5.74) is 0.792. The van der Waals surface area contributed by atoms with Gasteiger partial charge in [0.1, 0.15) is 0 Å². The van der Waals surface area contributed by atoms with E-state index in [1.54, 1.807) is 36.4 Å². The van der Waals surface area contributed by atoms with E-state index in [-0.39, 0.29) is 23.0 Å². The van der Waals surface area contributed by atoms with Crippen molar-refractivity contribution in [1.82, 2.24) is 9.88 Å². The van der Waals surface area contributed by atoms with Crippen LogP contribution in [-0.2, 0) is 9.84 Å². The van der Waals surface area contributed by atoms with Gasteiger partial charge in [-0.1, -0.05) is 36.4 Å². The van der Waals surface area contributed by atoms with Crippen LogP contribution in [0.3, 0.4) is 0 Å². The van der Waals surface area contributed by atoms with E-state index in [1.807, 2.05) is 18.2 Å². The van der Waals surface area contributed by atoms with Crippen LogP contribution in [-0.4, -0.2) is 36.4 Å². The lowest BCUT2D eigenvalue weighted by atomic mass is 10.1. The van der Waals surface area contributed by atoms with Crippen molar-refractivity contribution in [2.24, 2.45) is 0 Å². The first-order valence-corrected chi connectivity index (χ1v) is 10.5. The Labute approximate surface area is 156 Å². The predicted octanol–water partition coefficient (Wildman–Crippen LogP) is 1.91. The number of para-hydroxylation sites is 1. The topological polar surface area (TPSA) is 85.2 Å². The third kappa shape index (κ3) is 3.38. The minimum atomic E-state index is -3.09. The second-order valence-electron chi connectivity index (χ2n) is 6.67. The molecule has 138 valence electrons. The molecule has 0 aliphatic carbocycles. The van der Waals surface area contributed by atoms with Crippen LogP contribution in [0, 0.1) is 0 Å². The van der Waals surface area contributed by atoms with Gasteiger partial charge in [0.2, 0.25) is 0 Å². The van der Waals surface area contributed by atoms with Gasteiger partial charge in [-0.2, -0.15) is 0 Å². The molecular formula is C20H18N2O4S. The second kappa shape index (κ2) is 6.66. The van der Waals surface area contributed by atoms with Crippen molar-refractivity contribution in [3.05, 3.63) is 76.7 Å². The van der Waals surface area contributed by atoms with Crippen molar-refractivity contribution < 1.29 is 13.2 Å². The molecule has 1 amide bonds. The average Bonchev–Trinajstić information content (AvgIpc) is 3.01. The number of hydrogen-bond acceptors (Lipinski definition) is 4. The van der Waals surface area contributed by atoms with E-state index in [0.29, 0.717) is 28.4 Å². The monoisotopic (exact) mass is 382 g/mol. The predicted molar refractivity (Wildman–Crippen MR) is 104 cm³/mol. The lowest BCUT2D eigenvalue weighted by Gasteiger charge is -2.15. The minimum Gasteiger partial charge on any atom is -0.348 e. The number of amides is 1. The van der Waals surface area contributed by atoms with Gasteiger partial charge in [0.15, 0.2) is 9.84 Å². The Balaban J connectivity index is 1.81. The van der Waals surface area contributed by atoms with Crippen molar-refractivity contribution in [1.29, 1.82) is 0 Å². The van der Waals surface area contributed by atoms with E-state index in [9.17, 15) is 18.0 Å². The molecule has 0 saturated carbocycles. The molecule has 1 atom stereocenters. The fourth-order valence-corrected chi connectivity index (χ4v) is 5.10. The molecule has 1 unspecified atom stereocenters. The molecule has 1 saturated heterocycles. The maximum Gasteiger partial charge on any atom is 0.262 e. The van der Waals surface area contributed by atoms with Crippen LogP contribution in [0.1, 0.15) is 16.8 Å². The molecule has 7 heteroatoms.